The van der Waals surface area contributed by atoms with Crippen molar-refractivity contribution in [1.29, 1.82) is 0 Å². The number of aromatic nitrogens is 1. The Balaban J connectivity index is 1.43. The van der Waals surface area contributed by atoms with Crippen molar-refractivity contribution in [3.63, 3.8) is 0 Å². The third-order valence-electron chi connectivity index (χ3n) is 6.80. The van der Waals surface area contributed by atoms with Crippen LogP contribution in [-0.4, -0.2) is 35.1 Å². The summed E-state index contributed by atoms with van der Waals surface area (Å²) in [5, 5.41) is 5.19. The van der Waals surface area contributed by atoms with Gasteiger partial charge >= 0.3 is 0 Å². The normalized spacial score (nSPS) is 14.5. The molecule has 174 valence electrons. The van der Waals surface area contributed by atoms with Crippen LogP contribution in [0, 0.1) is 0 Å². The van der Waals surface area contributed by atoms with Crippen LogP contribution >= 0.6 is 0 Å². The summed E-state index contributed by atoms with van der Waals surface area (Å²) in [4.78, 5) is 16.1. The molecule has 1 N–H and O–H groups in total. The third-order valence-corrected chi connectivity index (χ3v) is 6.80. The molecule has 1 aliphatic rings. The van der Waals surface area contributed by atoms with Crippen molar-refractivity contribution in [3.8, 4) is 5.75 Å². The molecule has 1 atom stereocenters. The van der Waals surface area contributed by atoms with Crippen molar-refractivity contribution in [2.45, 2.75) is 25.9 Å². The fourth-order valence-electron chi connectivity index (χ4n) is 5.06. The number of carbonyl (C=O) groups is 1. The first-order valence-electron chi connectivity index (χ1n) is 12.0. The van der Waals surface area contributed by atoms with Gasteiger partial charge in [-0.1, -0.05) is 54.6 Å². The molecule has 0 spiro atoms. The van der Waals surface area contributed by atoms with Crippen LogP contribution in [0.15, 0.2) is 79.0 Å². The molecular formula is C29H31N3O2. The monoisotopic (exact) mass is 453 g/mol. The maximum absolute atomic E-state index is 13.6. The second-order valence-corrected chi connectivity index (χ2v) is 8.85. The standard InChI is InChI=1S/C29H31N3O2/c1-3-34-27-15-14-22-10-6-7-12-24(22)28(27)29(33)30-19-26(25-13-8-17-31(25)2)32-18-16-21-9-4-5-11-23(21)20-32/h4-15,17,26H,3,16,18-20H2,1-2H3,(H,30,33). The fraction of sp³-hybridized carbons (Fsp3) is 0.276. The number of benzene rings is 3. The molecule has 0 saturated carbocycles. The molecule has 3 aromatic carbocycles. The summed E-state index contributed by atoms with van der Waals surface area (Å²) < 4.78 is 8.00. The lowest BCUT2D eigenvalue weighted by molar-refractivity contribution is 0.0923. The van der Waals surface area contributed by atoms with Crippen molar-refractivity contribution < 1.29 is 9.53 Å². The number of hydrogen-bond donors (Lipinski definition) is 1. The molecule has 0 radical (unpaired) electrons. The molecule has 1 aromatic heterocycles. The van der Waals surface area contributed by atoms with E-state index in [1.807, 2.05) is 43.3 Å². The van der Waals surface area contributed by atoms with Crippen molar-refractivity contribution in [2.75, 3.05) is 19.7 Å². The predicted octanol–water partition coefficient (Wildman–Crippen LogP) is 5.11. The lowest BCUT2D eigenvalue weighted by Crippen LogP contribution is -2.41. The Morgan fingerprint density at radius 2 is 1.79 bits per heavy atom. The van der Waals surface area contributed by atoms with Gasteiger partial charge in [0.05, 0.1) is 18.2 Å². The number of nitrogens with zero attached hydrogens (tertiary/aromatic N) is 2. The maximum atomic E-state index is 13.6. The summed E-state index contributed by atoms with van der Waals surface area (Å²) in [6.45, 7) is 4.81. The Morgan fingerprint density at radius 1 is 1.00 bits per heavy atom. The molecule has 0 saturated heterocycles. The minimum atomic E-state index is -0.100. The van der Waals surface area contributed by atoms with Gasteiger partial charge < -0.3 is 14.6 Å². The molecule has 34 heavy (non-hydrogen) atoms. The zero-order valence-electron chi connectivity index (χ0n) is 19.8. The second kappa shape index (κ2) is 9.74. The predicted molar refractivity (Wildman–Crippen MR) is 136 cm³/mol. The summed E-state index contributed by atoms with van der Waals surface area (Å²) in [7, 11) is 2.07. The molecule has 0 aliphatic carbocycles. The topological polar surface area (TPSA) is 46.5 Å². The van der Waals surface area contributed by atoms with Gasteiger partial charge in [0, 0.05) is 38.6 Å². The lowest BCUT2D eigenvalue weighted by Gasteiger charge is -2.36. The molecule has 1 amide bonds. The van der Waals surface area contributed by atoms with Gasteiger partial charge in [-0.3, -0.25) is 9.69 Å². The van der Waals surface area contributed by atoms with Gasteiger partial charge in [-0.2, -0.15) is 0 Å². The minimum absolute atomic E-state index is 0.0721. The van der Waals surface area contributed by atoms with E-state index in [4.69, 9.17) is 4.74 Å². The van der Waals surface area contributed by atoms with Crippen LogP contribution in [0.4, 0.5) is 0 Å². The fourth-order valence-corrected chi connectivity index (χ4v) is 5.06. The largest absolute Gasteiger partial charge is 0.493 e. The SMILES string of the molecule is CCOc1ccc2ccccc2c1C(=O)NCC(c1cccn1C)N1CCc2ccccc2C1. The number of ether oxygens (including phenoxy) is 1. The lowest BCUT2D eigenvalue weighted by atomic mass is 9.97. The van der Waals surface area contributed by atoms with Gasteiger partial charge in [-0.15, -0.1) is 0 Å². The molecule has 2 heterocycles. The first-order chi connectivity index (χ1) is 16.7. The van der Waals surface area contributed by atoms with Crippen LogP contribution < -0.4 is 10.1 Å². The molecule has 4 aromatic rings. The Hall–Kier alpha value is -3.57. The number of aryl methyl sites for hydroxylation is 1. The van der Waals surface area contributed by atoms with Crippen LogP contribution in [0.3, 0.4) is 0 Å². The third kappa shape index (κ3) is 4.31. The number of rotatable bonds is 7. The first kappa shape index (κ1) is 22.2. The Kier molecular flexibility index (Phi) is 6.37. The summed E-state index contributed by atoms with van der Waals surface area (Å²) in [6, 6.07) is 24.8. The number of hydrogen-bond acceptors (Lipinski definition) is 3. The van der Waals surface area contributed by atoms with Crippen molar-refractivity contribution >= 4 is 16.7 Å². The smallest absolute Gasteiger partial charge is 0.255 e. The van der Waals surface area contributed by atoms with Crippen LogP contribution in [0.25, 0.3) is 10.8 Å². The molecule has 1 unspecified atom stereocenters. The number of fused-ring (bicyclic) bond motifs is 2. The average Bonchev–Trinajstić information content (AvgIpc) is 3.29. The van der Waals surface area contributed by atoms with E-state index in [9.17, 15) is 4.79 Å². The van der Waals surface area contributed by atoms with E-state index >= 15 is 0 Å². The second-order valence-electron chi connectivity index (χ2n) is 8.85. The van der Waals surface area contributed by atoms with Crippen LogP contribution in [0.5, 0.6) is 5.75 Å². The summed E-state index contributed by atoms with van der Waals surface area (Å²) in [5.41, 5.74) is 4.59. The Bertz CT molecular complexity index is 1310. The molecule has 0 bridgehead atoms. The van der Waals surface area contributed by atoms with Crippen LogP contribution in [0.1, 0.15) is 40.1 Å². The average molecular weight is 454 g/mol. The molecule has 5 rings (SSSR count). The van der Waals surface area contributed by atoms with Crippen molar-refractivity contribution in [3.05, 3.63) is 101 Å². The van der Waals surface area contributed by atoms with E-state index in [1.54, 1.807) is 0 Å². The number of carbonyl (C=O) groups excluding carboxylic acids is 1. The van der Waals surface area contributed by atoms with E-state index in [2.05, 4.69) is 64.4 Å². The van der Waals surface area contributed by atoms with E-state index in [0.29, 0.717) is 24.5 Å². The first-order valence-corrected chi connectivity index (χ1v) is 12.0. The van der Waals surface area contributed by atoms with Crippen molar-refractivity contribution in [2.24, 2.45) is 7.05 Å². The van der Waals surface area contributed by atoms with E-state index in [-0.39, 0.29) is 11.9 Å². The molecule has 1 aliphatic heterocycles. The maximum Gasteiger partial charge on any atom is 0.255 e. The van der Waals surface area contributed by atoms with Crippen LogP contribution in [-0.2, 0) is 20.0 Å². The summed E-state index contributed by atoms with van der Waals surface area (Å²) in [5.74, 6) is 0.526. The molecule has 0 fully saturated rings. The van der Waals surface area contributed by atoms with Gasteiger partial charge in [0.25, 0.3) is 5.91 Å². The highest BCUT2D eigenvalue weighted by Gasteiger charge is 2.27. The number of amides is 1. The number of nitrogens with one attached hydrogen (secondary N) is 1. The highest BCUT2D eigenvalue weighted by Crippen LogP contribution is 2.30. The van der Waals surface area contributed by atoms with Gasteiger partial charge in [-0.25, -0.2) is 0 Å². The molecular weight excluding hydrogens is 422 g/mol. The highest BCUT2D eigenvalue weighted by molar-refractivity contribution is 6.09. The Labute approximate surface area is 201 Å². The quantitative estimate of drug-likeness (QED) is 0.423. The summed E-state index contributed by atoms with van der Waals surface area (Å²) >= 11 is 0. The van der Waals surface area contributed by atoms with Gasteiger partial charge in [0.2, 0.25) is 0 Å². The zero-order chi connectivity index (χ0) is 23.5. The minimum Gasteiger partial charge on any atom is -0.493 e. The van der Waals surface area contributed by atoms with Gasteiger partial charge in [0.15, 0.2) is 0 Å². The summed E-state index contributed by atoms with van der Waals surface area (Å²) in [6.07, 6.45) is 3.09. The Morgan fingerprint density at radius 3 is 2.59 bits per heavy atom. The zero-order valence-corrected chi connectivity index (χ0v) is 19.8. The van der Waals surface area contributed by atoms with Crippen LogP contribution in [0.2, 0.25) is 0 Å². The van der Waals surface area contributed by atoms with Crippen molar-refractivity contribution in [1.82, 2.24) is 14.8 Å². The van der Waals surface area contributed by atoms with E-state index in [0.717, 1.165) is 30.3 Å². The van der Waals surface area contributed by atoms with E-state index < -0.39 is 0 Å². The molecule has 5 nitrogen and oxygen atoms in total. The van der Waals surface area contributed by atoms with Gasteiger partial charge in [0.1, 0.15) is 5.75 Å². The van der Waals surface area contributed by atoms with E-state index in [1.165, 1.54) is 16.8 Å². The van der Waals surface area contributed by atoms with Gasteiger partial charge in [-0.05, 0) is 53.4 Å². The highest BCUT2D eigenvalue weighted by atomic mass is 16.5. The molecule has 5 heteroatoms.